The number of carbonyl (C=O) groups excluding carboxylic acids is 1. The van der Waals surface area contributed by atoms with E-state index in [2.05, 4.69) is 10.3 Å². The number of benzene rings is 2. The lowest BCUT2D eigenvalue weighted by Crippen LogP contribution is -2.30. The lowest BCUT2D eigenvalue weighted by Gasteiger charge is -2.15. The molecule has 1 aliphatic rings. The number of hydrogen-bond acceptors (Lipinski definition) is 5. The molecule has 2 aromatic carbocycles. The highest BCUT2D eigenvalue weighted by molar-refractivity contribution is 7.89. The summed E-state index contributed by atoms with van der Waals surface area (Å²) in [7, 11) is -3.40. The zero-order valence-electron chi connectivity index (χ0n) is 17.2. The van der Waals surface area contributed by atoms with Crippen LogP contribution >= 0.6 is 0 Å². The predicted octanol–water partition coefficient (Wildman–Crippen LogP) is 2.76. The quantitative estimate of drug-likeness (QED) is 0.583. The minimum atomic E-state index is -3.40. The topological polar surface area (TPSA) is 88.6 Å². The molecule has 2 heterocycles. The number of fused-ring (bicyclic) bond motifs is 1. The summed E-state index contributed by atoms with van der Waals surface area (Å²) < 4.78 is 32.3. The van der Waals surface area contributed by atoms with Crippen LogP contribution in [0.3, 0.4) is 0 Å². The molecular formula is C23H25N3O4S. The van der Waals surface area contributed by atoms with Gasteiger partial charge in [-0.05, 0) is 49.1 Å². The fourth-order valence-electron chi connectivity index (χ4n) is 3.64. The maximum Gasteiger partial charge on any atom is 0.257 e. The molecule has 31 heavy (non-hydrogen) atoms. The Morgan fingerprint density at radius 2 is 1.77 bits per heavy atom. The Kier molecular flexibility index (Phi) is 6.48. The smallest absolute Gasteiger partial charge is 0.257 e. The van der Waals surface area contributed by atoms with Gasteiger partial charge in [-0.25, -0.2) is 8.42 Å². The summed E-state index contributed by atoms with van der Waals surface area (Å²) in [5.41, 5.74) is 1.68. The summed E-state index contributed by atoms with van der Waals surface area (Å²) in [6.45, 7) is 1.52. The number of para-hydroxylation sites is 1. The van der Waals surface area contributed by atoms with Gasteiger partial charge in [0.2, 0.25) is 10.0 Å². The van der Waals surface area contributed by atoms with Crippen LogP contribution in [-0.4, -0.2) is 49.9 Å². The Hall–Kier alpha value is -2.97. The molecule has 3 aromatic rings. The number of amides is 1. The lowest BCUT2D eigenvalue weighted by molar-refractivity contribution is -0.123. The van der Waals surface area contributed by atoms with E-state index in [0.29, 0.717) is 36.7 Å². The molecule has 1 saturated heterocycles. The third-order valence-electron chi connectivity index (χ3n) is 5.32. The van der Waals surface area contributed by atoms with E-state index in [9.17, 15) is 13.2 Å². The molecule has 0 bridgehead atoms. The molecule has 4 rings (SSSR count). The van der Waals surface area contributed by atoms with E-state index in [1.54, 1.807) is 36.5 Å². The fourth-order valence-corrected chi connectivity index (χ4v) is 5.16. The summed E-state index contributed by atoms with van der Waals surface area (Å²) in [4.78, 5) is 16.8. The van der Waals surface area contributed by atoms with Crippen LogP contribution in [0.4, 0.5) is 0 Å². The molecule has 8 heteroatoms. The van der Waals surface area contributed by atoms with Gasteiger partial charge >= 0.3 is 0 Å². The molecule has 1 N–H and O–H groups in total. The molecular weight excluding hydrogens is 414 g/mol. The van der Waals surface area contributed by atoms with E-state index in [-0.39, 0.29) is 12.5 Å². The van der Waals surface area contributed by atoms with Gasteiger partial charge in [-0.1, -0.05) is 30.3 Å². The standard InChI is InChI=1S/C23H25N3O4S/c27-22(17-30-21-7-3-5-19-6-4-13-25-23(19)21)24-14-12-18-8-10-20(11-9-18)31(28,29)26-15-1-2-16-26/h3-11,13H,1-2,12,14-17H2,(H,24,27). The molecule has 7 nitrogen and oxygen atoms in total. The van der Waals surface area contributed by atoms with Crippen molar-refractivity contribution in [2.45, 2.75) is 24.2 Å². The second-order valence-corrected chi connectivity index (χ2v) is 9.41. The Morgan fingerprint density at radius 3 is 2.55 bits per heavy atom. The van der Waals surface area contributed by atoms with E-state index in [0.717, 1.165) is 29.3 Å². The molecule has 162 valence electrons. The minimum Gasteiger partial charge on any atom is -0.481 e. The van der Waals surface area contributed by atoms with E-state index in [1.807, 2.05) is 24.3 Å². The van der Waals surface area contributed by atoms with Gasteiger partial charge in [-0.3, -0.25) is 9.78 Å². The number of rotatable bonds is 8. The zero-order valence-corrected chi connectivity index (χ0v) is 18.0. The SMILES string of the molecule is O=C(COc1cccc2cccnc12)NCCc1ccc(S(=O)(=O)N2CCCC2)cc1. The Balaban J connectivity index is 1.26. The molecule has 0 aliphatic carbocycles. The van der Waals surface area contributed by atoms with Gasteiger partial charge in [0.15, 0.2) is 6.61 Å². The maximum atomic E-state index is 12.6. The fraction of sp³-hybridized carbons (Fsp3) is 0.304. The van der Waals surface area contributed by atoms with Crippen molar-refractivity contribution in [3.63, 3.8) is 0 Å². The molecule has 1 aromatic heterocycles. The van der Waals surface area contributed by atoms with Crippen LogP contribution < -0.4 is 10.1 Å². The van der Waals surface area contributed by atoms with Crippen molar-refractivity contribution in [2.24, 2.45) is 0 Å². The third kappa shape index (κ3) is 5.03. The Bertz CT molecular complexity index is 1150. The van der Waals surface area contributed by atoms with Crippen molar-refractivity contribution in [2.75, 3.05) is 26.2 Å². The first kappa shape index (κ1) is 21.3. The number of ether oxygens (including phenoxy) is 1. The summed E-state index contributed by atoms with van der Waals surface area (Å²) in [6, 6.07) is 16.3. The van der Waals surface area contributed by atoms with E-state index in [4.69, 9.17) is 4.74 Å². The van der Waals surface area contributed by atoms with Gasteiger partial charge in [0, 0.05) is 31.2 Å². The summed E-state index contributed by atoms with van der Waals surface area (Å²) in [6.07, 6.45) is 4.12. The van der Waals surface area contributed by atoms with Crippen molar-refractivity contribution >= 4 is 26.8 Å². The highest BCUT2D eigenvalue weighted by Crippen LogP contribution is 2.23. The van der Waals surface area contributed by atoms with Gasteiger partial charge < -0.3 is 10.1 Å². The number of sulfonamides is 1. The number of nitrogens with one attached hydrogen (secondary N) is 1. The second kappa shape index (κ2) is 9.45. The Labute approximate surface area is 182 Å². The molecule has 0 saturated carbocycles. The highest BCUT2D eigenvalue weighted by atomic mass is 32.2. The monoisotopic (exact) mass is 439 g/mol. The summed E-state index contributed by atoms with van der Waals surface area (Å²) in [5.74, 6) is 0.351. The van der Waals surface area contributed by atoms with Crippen LogP contribution in [0.1, 0.15) is 18.4 Å². The number of nitrogens with zero attached hydrogens (tertiary/aromatic N) is 2. The Morgan fingerprint density at radius 1 is 1.03 bits per heavy atom. The number of hydrogen-bond donors (Lipinski definition) is 1. The summed E-state index contributed by atoms with van der Waals surface area (Å²) in [5, 5.41) is 3.78. The van der Waals surface area contributed by atoms with Gasteiger partial charge in [-0.15, -0.1) is 0 Å². The first-order chi connectivity index (χ1) is 15.0. The van der Waals surface area contributed by atoms with Crippen LogP contribution in [0.15, 0.2) is 65.7 Å². The largest absolute Gasteiger partial charge is 0.481 e. The van der Waals surface area contributed by atoms with E-state index < -0.39 is 10.0 Å². The molecule has 0 spiro atoms. The van der Waals surface area contributed by atoms with Crippen molar-refractivity contribution in [3.8, 4) is 5.75 Å². The number of pyridine rings is 1. The molecule has 1 fully saturated rings. The molecule has 0 unspecified atom stereocenters. The molecule has 1 aliphatic heterocycles. The van der Waals surface area contributed by atoms with Crippen LogP contribution in [0.25, 0.3) is 10.9 Å². The average molecular weight is 440 g/mol. The molecule has 1 amide bonds. The van der Waals surface area contributed by atoms with Gasteiger partial charge in [-0.2, -0.15) is 4.31 Å². The predicted molar refractivity (Wildman–Crippen MR) is 118 cm³/mol. The van der Waals surface area contributed by atoms with Crippen molar-refractivity contribution in [3.05, 3.63) is 66.4 Å². The average Bonchev–Trinajstić information content (AvgIpc) is 3.34. The highest BCUT2D eigenvalue weighted by Gasteiger charge is 2.26. The van der Waals surface area contributed by atoms with E-state index in [1.165, 1.54) is 4.31 Å². The first-order valence-corrected chi connectivity index (χ1v) is 11.8. The first-order valence-electron chi connectivity index (χ1n) is 10.4. The zero-order chi connectivity index (χ0) is 21.7. The van der Waals surface area contributed by atoms with Gasteiger partial charge in [0.05, 0.1) is 4.90 Å². The van der Waals surface area contributed by atoms with Crippen molar-refractivity contribution in [1.82, 2.24) is 14.6 Å². The molecule has 0 atom stereocenters. The number of aromatic nitrogens is 1. The normalized spacial score (nSPS) is 14.6. The maximum absolute atomic E-state index is 12.6. The van der Waals surface area contributed by atoms with Gasteiger partial charge in [0.25, 0.3) is 5.91 Å². The van der Waals surface area contributed by atoms with Gasteiger partial charge in [0.1, 0.15) is 11.3 Å². The lowest BCUT2D eigenvalue weighted by atomic mass is 10.1. The summed E-state index contributed by atoms with van der Waals surface area (Å²) >= 11 is 0. The van der Waals surface area contributed by atoms with Crippen LogP contribution in [0, 0.1) is 0 Å². The van der Waals surface area contributed by atoms with E-state index >= 15 is 0 Å². The third-order valence-corrected chi connectivity index (χ3v) is 7.23. The van der Waals surface area contributed by atoms with Crippen LogP contribution in [-0.2, 0) is 21.2 Å². The van der Waals surface area contributed by atoms with Crippen LogP contribution in [0.5, 0.6) is 5.75 Å². The van der Waals surface area contributed by atoms with Crippen molar-refractivity contribution in [1.29, 1.82) is 0 Å². The minimum absolute atomic E-state index is 0.0945. The van der Waals surface area contributed by atoms with Crippen molar-refractivity contribution < 1.29 is 17.9 Å². The number of carbonyl (C=O) groups is 1. The second-order valence-electron chi connectivity index (χ2n) is 7.48. The molecule has 0 radical (unpaired) electrons. The van der Waals surface area contributed by atoms with Crippen LogP contribution in [0.2, 0.25) is 0 Å².